The van der Waals surface area contributed by atoms with E-state index >= 15 is 0 Å². The molecule has 0 spiro atoms. The van der Waals surface area contributed by atoms with Crippen molar-refractivity contribution in [2.24, 2.45) is 0 Å². The van der Waals surface area contributed by atoms with E-state index in [1.54, 1.807) is 13.0 Å². The first-order valence-electron chi connectivity index (χ1n) is 7.11. The van der Waals surface area contributed by atoms with Crippen LogP contribution in [0.25, 0.3) is 10.2 Å². The fourth-order valence-electron chi connectivity index (χ4n) is 2.54. The second-order valence-corrected chi connectivity index (χ2v) is 6.86. The van der Waals surface area contributed by atoms with Gasteiger partial charge in [0.1, 0.15) is 15.3 Å². The van der Waals surface area contributed by atoms with Crippen LogP contribution in [0.4, 0.5) is 13.2 Å². The van der Waals surface area contributed by atoms with Crippen LogP contribution in [0.3, 0.4) is 0 Å². The normalized spacial score (nSPS) is 11.8. The van der Waals surface area contributed by atoms with E-state index in [-0.39, 0.29) is 11.3 Å². The molecule has 0 saturated carbocycles. The van der Waals surface area contributed by atoms with Gasteiger partial charge in [-0.15, -0.1) is 11.3 Å². The molecule has 4 nitrogen and oxygen atoms in total. The van der Waals surface area contributed by atoms with Gasteiger partial charge in [0, 0.05) is 11.2 Å². The van der Waals surface area contributed by atoms with E-state index in [0.717, 1.165) is 23.5 Å². The number of alkyl halides is 3. The molecule has 130 valence electrons. The number of aromatic amines is 1. The van der Waals surface area contributed by atoms with Crippen LogP contribution in [0.5, 0.6) is 0 Å². The first-order valence-corrected chi connectivity index (χ1v) is 8.33. The molecule has 0 fully saturated rings. The van der Waals surface area contributed by atoms with Crippen LogP contribution in [0.15, 0.2) is 24.3 Å². The number of hydrogen-bond donors (Lipinski definition) is 1. The fourth-order valence-corrected chi connectivity index (χ4v) is 4.03. The summed E-state index contributed by atoms with van der Waals surface area (Å²) in [6, 6.07) is 5.01. The zero-order valence-electron chi connectivity index (χ0n) is 12.8. The minimum Gasteiger partial charge on any atom is -0.560 e. The van der Waals surface area contributed by atoms with Crippen LogP contribution in [0.2, 0.25) is 0 Å². The van der Waals surface area contributed by atoms with Crippen molar-refractivity contribution in [3.63, 3.8) is 0 Å². The summed E-state index contributed by atoms with van der Waals surface area (Å²) in [6.45, 7) is 1.69. The van der Waals surface area contributed by atoms with Gasteiger partial charge in [-0.2, -0.15) is 13.2 Å². The van der Waals surface area contributed by atoms with Crippen LogP contribution in [0, 0.1) is 11.6 Å². The van der Waals surface area contributed by atoms with Crippen molar-refractivity contribution in [2.75, 3.05) is 0 Å². The third-order valence-electron chi connectivity index (χ3n) is 3.68. The number of carbonyl (C=O) groups excluding carboxylic acids is 1. The smallest absolute Gasteiger partial charge is 0.559 e. The van der Waals surface area contributed by atoms with Crippen LogP contribution in [0.1, 0.15) is 32.2 Å². The maximum Gasteiger partial charge on any atom is 0.559 e. The lowest BCUT2D eigenvalue weighted by atomic mass is 10.1. The summed E-state index contributed by atoms with van der Waals surface area (Å²) < 4.78 is 38.8. The van der Waals surface area contributed by atoms with Crippen LogP contribution in [-0.2, 0) is 12.6 Å². The Hall–Kier alpha value is -2.26. The van der Waals surface area contributed by atoms with Gasteiger partial charge in [-0.1, -0.05) is 30.4 Å². The average Bonchev–Trinajstić information content (AvgIpc) is 2.84. The quantitative estimate of drug-likeness (QED) is 0.544. The topological polar surface area (TPSA) is 68.7 Å². The van der Waals surface area contributed by atoms with Crippen molar-refractivity contribution in [1.29, 1.82) is 0 Å². The number of thiophene rings is 1. The van der Waals surface area contributed by atoms with Crippen molar-refractivity contribution in [1.82, 2.24) is 9.97 Å². The molecular weight excluding hydrogens is 373 g/mol. The van der Waals surface area contributed by atoms with Crippen molar-refractivity contribution >= 4 is 39.7 Å². The van der Waals surface area contributed by atoms with Gasteiger partial charge in [-0.3, -0.25) is 0 Å². The fraction of sp³-hybridized carbons (Fsp3) is 0.188. The number of nitrogens with one attached hydrogen (secondary N) is 1. The summed E-state index contributed by atoms with van der Waals surface area (Å²) in [5.74, 6) is -0.406. The molecule has 0 aliphatic rings. The second kappa shape index (κ2) is 6.23. The lowest BCUT2D eigenvalue weighted by Gasteiger charge is -2.08. The van der Waals surface area contributed by atoms with Gasteiger partial charge >= 0.3 is 12.1 Å². The first-order chi connectivity index (χ1) is 11.7. The van der Waals surface area contributed by atoms with Crippen molar-refractivity contribution in [3.8, 4) is 0 Å². The zero-order valence-corrected chi connectivity index (χ0v) is 14.5. The highest BCUT2D eigenvalue weighted by Gasteiger charge is 2.30. The number of H-pyrrole nitrogens is 1. The second-order valence-electron chi connectivity index (χ2n) is 5.45. The van der Waals surface area contributed by atoms with E-state index in [4.69, 9.17) is 17.3 Å². The van der Waals surface area contributed by atoms with Crippen LogP contribution in [-0.4, -0.2) is 21.0 Å². The van der Waals surface area contributed by atoms with Gasteiger partial charge in [0.05, 0.1) is 10.9 Å². The zero-order chi connectivity index (χ0) is 18.4. The number of benzene rings is 1. The molecule has 0 saturated heterocycles. The predicted octanol–water partition coefficient (Wildman–Crippen LogP) is 4.14. The van der Waals surface area contributed by atoms with Crippen LogP contribution >= 0.6 is 23.6 Å². The number of rotatable bonds is 3. The molecule has 0 radical (unpaired) electrons. The molecule has 0 aliphatic carbocycles. The van der Waals surface area contributed by atoms with Crippen molar-refractivity contribution in [3.05, 3.63) is 56.3 Å². The molecule has 0 amide bonds. The summed E-state index contributed by atoms with van der Waals surface area (Å²) in [4.78, 5) is 19.4. The summed E-state index contributed by atoms with van der Waals surface area (Å²) in [7, 11) is 0. The third kappa shape index (κ3) is 3.42. The van der Waals surface area contributed by atoms with Gasteiger partial charge in [-0.05, 0) is 24.1 Å². The summed E-state index contributed by atoms with van der Waals surface area (Å²) >= 11 is 6.35. The minimum absolute atomic E-state index is 0.143. The van der Waals surface area contributed by atoms with Gasteiger partial charge < -0.3 is 10.1 Å². The summed E-state index contributed by atoms with van der Waals surface area (Å²) in [6.07, 6.45) is -4.26. The maximum atomic E-state index is 12.8. The SMILES string of the molecule is Cc1c(C(=O)[OH2+])sc2nc(Cc3cccc(C(F)(F)F)c3)[nH]c(=S)c12. The molecule has 2 aromatic heterocycles. The molecule has 0 unspecified atom stereocenters. The van der Waals surface area contributed by atoms with Gasteiger partial charge in [-0.25, -0.2) is 4.98 Å². The Morgan fingerprint density at radius 1 is 1.40 bits per heavy atom. The number of hydrogen-bond acceptors (Lipinski definition) is 4. The molecule has 0 bridgehead atoms. The molecule has 9 heteroatoms. The van der Waals surface area contributed by atoms with E-state index in [9.17, 15) is 18.0 Å². The number of aromatic nitrogens is 2. The number of carbonyl (C=O) groups is 1. The van der Waals surface area contributed by atoms with E-state index in [0.29, 0.717) is 31.8 Å². The maximum absolute atomic E-state index is 12.8. The number of nitrogens with zero attached hydrogens (tertiary/aromatic N) is 1. The number of halogens is 3. The predicted molar refractivity (Wildman–Crippen MR) is 91.7 cm³/mol. The van der Waals surface area contributed by atoms with Gasteiger partial charge in [0.15, 0.2) is 4.88 Å². The Balaban J connectivity index is 2.03. The Labute approximate surface area is 149 Å². The van der Waals surface area contributed by atoms with Gasteiger partial charge in [0.25, 0.3) is 0 Å². The van der Waals surface area contributed by atoms with Crippen molar-refractivity contribution in [2.45, 2.75) is 19.5 Å². The largest absolute Gasteiger partial charge is 0.560 e. The molecule has 3 N–H and O–H groups in total. The molecule has 25 heavy (non-hydrogen) atoms. The molecule has 1 aromatic carbocycles. The van der Waals surface area contributed by atoms with E-state index in [2.05, 4.69) is 9.97 Å². The highest BCUT2D eigenvalue weighted by Crippen LogP contribution is 2.31. The summed E-state index contributed by atoms with van der Waals surface area (Å²) in [5, 5.41) is 7.87. The van der Waals surface area contributed by atoms with Gasteiger partial charge in [0.2, 0.25) is 0 Å². The van der Waals surface area contributed by atoms with Crippen LogP contribution < -0.4 is 0 Å². The van der Waals surface area contributed by atoms with E-state index < -0.39 is 17.7 Å². The standard InChI is InChI=1S/C16H11F3N2O2S2/c1-7-11-13(24)20-10(21-14(11)25-12(7)15(22)23)6-8-3-2-4-9(5-8)16(17,18)19/h2-5H,6H2,1H3,(H,22,23)(H,20,21,24)/p+1. The molecule has 2 heterocycles. The monoisotopic (exact) mass is 385 g/mol. The third-order valence-corrected chi connectivity index (χ3v) is 5.17. The van der Waals surface area contributed by atoms with Crippen molar-refractivity contribution < 1.29 is 23.1 Å². The average molecular weight is 385 g/mol. The van der Waals surface area contributed by atoms with E-state index in [1.807, 2.05) is 0 Å². The lowest BCUT2D eigenvalue weighted by Crippen LogP contribution is -2.06. The molecule has 3 rings (SSSR count). The molecule has 0 aliphatic heterocycles. The highest BCUT2D eigenvalue weighted by molar-refractivity contribution is 7.71. The number of fused-ring (bicyclic) bond motifs is 1. The minimum atomic E-state index is -4.41. The molecule has 3 aromatic rings. The molecular formula is C16H12F3N2O2S2+. The Morgan fingerprint density at radius 2 is 2.12 bits per heavy atom. The Kier molecular flexibility index (Phi) is 4.38. The Bertz CT molecular complexity index is 1040. The molecule has 0 atom stereocenters. The Morgan fingerprint density at radius 3 is 2.76 bits per heavy atom. The lowest BCUT2D eigenvalue weighted by molar-refractivity contribution is -0.137. The number of aryl methyl sites for hydroxylation is 1. The van der Waals surface area contributed by atoms with E-state index in [1.165, 1.54) is 6.07 Å². The summed E-state index contributed by atoms with van der Waals surface area (Å²) in [5.41, 5.74) is 0.315. The first kappa shape index (κ1) is 17.6. The highest BCUT2D eigenvalue weighted by atomic mass is 32.1.